The van der Waals surface area contributed by atoms with E-state index in [2.05, 4.69) is 4.74 Å². The third-order valence-electron chi connectivity index (χ3n) is 1.93. The molecule has 0 bridgehead atoms. The number of hydrogen-bond donors (Lipinski definition) is 0. The molecule has 1 fully saturated rings. The molecule has 0 N–H and O–H groups in total. The smallest absolute Gasteiger partial charge is 0.305 e. The molecule has 3 heteroatoms. The summed E-state index contributed by atoms with van der Waals surface area (Å²) in [7, 11) is 0. The van der Waals surface area contributed by atoms with Gasteiger partial charge < -0.3 is 4.74 Å². The fraction of sp³-hybridized carbons (Fsp3) is 0.875. The van der Waals surface area contributed by atoms with Crippen molar-refractivity contribution >= 4 is 5.97 Å². The van der Waals surface area contributed by atoms with Crippen molar-refractivity contribution in [3.05, 3.63) is 0 Å². The second kappa shape index (κ2) is 3.20. The van der Waals surface area contributed by atoms with Crippen LogP contribution in [0.1, 0.15) is 39.0 Å². The first-order valence-corrected chi connectivity index (χ1v) is 4.01. The fourth-order valence-electron chi connectivity index (χ4n) is 1.44. The Balaban J connectivity index is 2.43. The number of carbonyl (C=O) groups excluding carboxylic acids is 1. The van der Waals surface area contributed by atoms with Gasteiger partial charge in [0, 0.05) is 19.8 Å². The maximum absolute atomic E-state index is 13.4. The van der Waals surface area contributed by atoms with Crippen LogP contribution in [0.5, 0.6) is 0 Å². The van der Waals surface area contributed by atoms with E-state index in [-0.39, 0.29) is 0 Å². The molecule has 1 aliphatic carbocycles. The summed E-state index contributed by atoms with van der Waals surface area (Å²) in [6.45, 7) is 1.25. The highest BCUT2D eigenvalue weighted by molar-refractivity contribution is 5.66. The first kappa shape index (κ1) is 8.50. The lowest BCUT2D eigenvalue weighted by atomic mass is 9.95. The summed E-state index contributed by atoms with van der Waals surface area (Å²) in [6, 6.07) is 0. The predicted octanol–water partition coefficient (Wildman–Crippen LogP) is 2.18. The molecule has 0 heterocycles. The molecule has 0 radical (unpaired) electrons. The number of halogens is 1. The average Bonchev–Trinajstić information content (AvgIpc) is 1.85. The Kier molecular flexibility index (Phi) is 2.47. The van der Waals surface area contributed by atoms with E-state index in [4.69, 9.17) is 0 Å². The highest BCUT2D eigenvalue weighted by Gasteiger charge is 2.34. The van der Waals surface area contributed by atoms with E-state index in [0.717, 1.165) is 19.3 Å². The summed E-state index contributed by atoms with van der Waals surface area (Å²) in [5, 5.41) is 0. The lowest BCUT2D eigenvalue weighted by Gasteiger charge is -2.28. The molecule has 64 valence electrons. The number of hydrogen-bond acceptors (Lipinski definition) is 2. The Bertz CT molecular complexity index is 150. The standard InChI is InChI=1S/C8H13FO2/c1-7(10)11-8(9)5-3-2-4-6-8/h2-6H2,1H3. The minimum Gasteiger partial charge on any atom is -0.429 e. The first-order chi connectivity index (χ1) is 5.12. The average molecular weight is 160 g/mol. The van der Waals surface area contributed by atoms with Gasteiger partial charge in [0.25, 0.3) is 5.85 Å². The van der Waals surface area contributed by atoms with Crippen LogP contribution in [-0.2, 0) is 9.53 Å². The van der Waals surface area contributed by atoms with Crippen LogP contribution < -0.4 is 0 Å². The lowest BCUT2D eigenvalue weighted by molar-refractivity contribution is -0.187. The molecule has 0 atom stereocenters. The van der Waals surface area contributed by atoms with E-state index in [1.807, 2.05) is 0 Å². The third kappa shape index (κ3) is 2.48. The molecule has 1 saturated carbocycles. The van der Waals surface area contributed by atoms with Crippen molar-refractivity contribution in [2.24, 2.45) is 0 Å². The van der Waals surface area contributed by atoms with Crippen molar-refractivity contribution in [3.8, 4) is 0 Å². The van der Waals surface area contributed by atoms with Crippen molar-refractivity contribution in [1.82, 2.24) is 0 Å². The minimum absolute atomic E-state index is 0.368. The van der Waals surface area contributed by atoms with Crippen LogP contribution >= 0.6 is 0 Å². The number of alkyl halides is 1. The molecule has 2 nitrogen and oxygen atoms in total. The zero-order valence-electron chi connectivity index (χ0n) is 6.73. The van der Waals surface area contributed by atoms with E-state index in [1.54, 1.807) is 0 Å². The molecule has 11 heavy (non-hydrogen) atoms. The minimum atomic E-state index is -1.65. The third-order valence-corrected chi connectivity index (χ3v) is 1.93. The highest BCUT2D eigenvalue weighted by Crippen LogP contribution is 2.32. The Morgan fingerprint density at radius 1 is 1.36 bits per heavy atom. The molecule has 0 unspecified atom stereocenters. The van der Waals surface area contributed by atoms with Gasteiger partial charge >= 0.3 is 5.97 Å². The van der Waals surface area contributed by atoms with Gasteiger partial charge in [-0.15, -0.1) is 0 Å². The maximum Gasteiger partial charge on any atom is 0.305 e. The normalized spacial score (nSPS) is 22.7. The van der Waals surface area contributed by atoms with Crippen molar-refractivity contribution < 1.29 is 13.9 Å². The number of esters is 1. The van der Waals surface area contributed by atoms with E-state index in [9.17, 15) is 9.18 Å². The Hall–Kier alpha value is -0.600. The van der Waals surface area contributed by atoms with Crippen LogP contribution in [0.4, 0.5) is 4.39 Å². The van der Waals surface area contributed by atoms with Crippen LogP contribution in [-0.4, -0.2) is 11.8 Å². The number of rotatable bonds is 1. The maximum atomic E-state index is 13.4. The molecule has 1 aliphatic rings. The van der Waals surface area contributed by atoms with Crippen LogP contribution in [0.3, 0.4) is 0 Å². The quantitative estimate of drug-likeness (QED) is 0.549. The molecule has 1 rings (SSSR count). The Morgan fingerprint density at radius 2 is 1.91 bits per heavy atom. The molecule has 0 aromatic carbocycles. The van der Waals surface area contributed by atoms with Crippen molar-refractivity contribution in [2.45, 2.75) is 44.9 Å². The van der Waals surface area contributed by atoms with Gasteiger partial charge in [0.05, 0.1) is 0 Å². The van der Waals surface area contributed by atoms with Crippen LogP contribution in [0.25, 0.3) is 0 Å². The fourth-order valence-corrected chi connectivity index (χ4v) is 1.44. The molecular formula is C8H13FO2. The van der Waals surface area contributed by atoms with Crippen LogP contribution in [0.15, 0.2) is 0 Å². The molecular weight excluding hydrogens is 147 g/mol. The van der Waals surface area contributed by atoms with Gasteiger partial charge in [-0.25, -0.2) is 0 Å². The summed E-state index contributed by atoms with van der Waals surface area (Å²) in [6.07, 6.45) is 3.43. The zero-order chi connectivity index (χ0) is 8.32. The van der Waals surface area contributed by atoms with Crippen molar-refractivity contribution in [3.63, 3.8) is 0 Å². The van der Waals surface area contributed by atoms with Gasteiger partial charge in [0.15, 0.2) is 0 Å². The van der Waals surface area contributed by atoms with E-state index in [1.165, 1.54) is 6.92 Å². The zero-order valence-corrected chi connectivity index (χ0v) is 6.73. The SMILES string of the molecule is CC(=O)OC1(F)CCCCC1. The highest BCUT2D eigenvalue weighted by atomic mass is 19.2. The summed E-state index contributed by atoms with van der Waals surface area (Å²) in [5.41, 5.74) is 0. The number of ether oxygens (including phenoxy) is 1. The van der Waals surface area contributed by atoms with Gasteiger partial charge in [0.1, 0.15) is 0 Å². The lowest BCUT2D eigenvalue weighted by Crippen LogP contribution is -2.31. The monoisotopic (exact) mass is 160 g/mol. The second-order valence-corrected chi connectivity index (χ2v) is 3.04. The molecule has 0 amide bonds. The summed E-state index contributed by atoms with van der Waals surface area (Å²) in [4.78, 5) is 10.5. The van der Waals surface area contributed by atoms with E-state index in [0.29, 0.717) is 12.8 Å². The molecule has 0 aliphatic heterocycles. The van der Waals surface area contributed by atoms with Crippen molar-refractivity contribution in [1.29, 1.82) is 0 Å². The first-order valence-electron chi connectivity index (χ1n) is 4.01. The molecule has 0 spiro atoms. The van der Waals surface area contributed by atoms with E-state index >= 15 is 0 Å². The summed E-state index contributed by atoms with van der Waals surface area (Å²) < 4.78 is 18.0. The largest absolute Gasteiger partial charge is 0.429 e. The van der Waals surface area contributed by atoms with Gasteiger partial charge in [-0.05, 0) is 12.8 Å². The Labute approximate surface area is 65.7 Å². The van der Waals surface area contributed by atoms with Gasteiger partial charge in [-0.3, -0.25) is 4.79 Å². The van der Waals surface area contributed by atoms with Gasteiger partial charge in [0.2, 0.25) is 0 Å². The van der Waals surface area contributed by atoms with Gasteiger partial charge in [-0.2, -0.15) is 4.39 Å². The second-order valence-electron chi connectivity index (χ2n) is 3.04. The molecule has 0 aromatic rings. The van der Waals surface area contributed by atoms with Crippen molar-refractivity contribution in [2.75, 3.05) is 0 Å². The Morgan fingerprint density at radius 3 is 2.36 bits per heavy atom. The van der Waals surface area contributed by atoms with Crippen LogP contribution in [0, 0.1) is 0 Å². The summed E-state index contributed by atoms with van der Waals surface area (Å²) >= 11 is 0. The van der Waals surface area contributed by atoms with Crippen LogP contribution in [0.2, 0.25) is 0 Å². The van der Waals surface area contributed by atoms with E-state index < -0.39 is 11.8 Å². The van der Waals surface area contributed by atoms with Gasteiger partial charge in [-0.1, -0.05) is 6.42 Å². The molecule has 0 saturated heterocycles. The predicted molar refractivity (Wildman–Crippen MR) is 38.7 cm³/mol. The topological polar surface area (TPSA) is 26.3 Å². The number of carbonyl (C=O) groups is 1. The molecule has 0 aromatic heterocycles. The summed E-state index contributed by atoms with van der Waals surface area (Å²) in [5.74, 6) is -2.17.